The Bertz CT molecular complexity index is 3890. The highest BCUT2D eigenvalue weighted by atomic mass is 16.3. The first kappa shape index (κ1) is 32.4. The highest BCUT2D eigenvalue weighted by Gasteiger charge is 2.19. The summed E-state index contributed by atoms with van der Waals surface area (Å²) >= 11 is 0. The third kappa shape index (κ3) is 4.67. The molecule has 0 aliphatic carbocycles. The average Bonchev–Trinajstić information content (AvgIpc) is 3.71. The van der Waals surface area contributed by atoms with Crippen molar-refractivity contribution in [2.24, 2.45) is 0 Å². The molecule has 0 N–H and O–H groups in total. The summed E-state index contributed by atoms with van der Waals surface area (Å²) in [7, 11) is 0. The van der Waals surface area contributed by atoms with Crippen molar-refractivity contribution in [1.82, 2.24) is 0 Å². The predicted molar refractivity (Wildman–Crippen MR) is 253 cm³/mol. The van der Waals surface area contributed by atoms with E-state index in [0.717, 1.165) is 32.9 Å². The molecule has 13 rings (SSSR count). The van der Waals surface area contributed by atoms with Crippen LogP contribution in [0, 0.1) is 0 Å². The summed E-state index contributed by atoms with van der Waals surface area (Å²) in [5, 5.41) is 19.9. The summed E-state index contributed by atoms with van der Waals surface area (Å²) in [4.78, 5) is 0. The fraction of sp³-hybridized carbons (Fsp3) is 0. The van der Waals surface area contributed by atoms with Crippen LogP contribution in [-0.2, 0) is 0 Å². The van der Waals surface area contributed by atoms with Gasteiger partial charge >= 0.3 is 0 Å². The predicted octanol–water partition coefficient (Wildman–Crippen LogP) is 16.7. The molecule has 0 spiro atoms. The fourth-order valence-corrected chi connectivity index (χ4v) is 10.2. The van der Waals surface area contributed by atoms with Gasteiger partial charge in [-0.3, -0.25) is 0 Å². The van der Waals surface area contributed by atoms with E-state index in [9.17, 15) is 0 Å². The van der Waals surface area contributed by atoms with E-state index in [1.165, 1.54) is 97.8 Å². The van der Waals surface area contributed by atoms with Gasteiger partial charge in [-0.1, -0.05) is 188 Å². The zero-order valence-electron chi connectivity index (χ0n) is 32.0. The van der Waals surface area contributed by atoms with E-state index in [4.69, 9.17) is 4.42 Å². The minimum atomic E-state index is 0.928. The molecule has 0 aliphatic rings. The van der Waals surface area contributed by atoms with Crippen molar-refractivity contribution in [1.29, 1.82) is 0 Å². The van der Waals surface area contributed by atoms with Gasteiger partial charge in [0.15, 0.2) is 0 Å². The van der Waals surface area contributed by atoms with Crippen LogP contribution in [0.2, 0.25) is 0 Å². The van der Waals surface area contributed by atoms with Crippen LogP contribution in [0.15, 0.2) is 211 Å². The monoisotopic (exact) mass is 746 g/mol. The molecule has 1 heterocycles. The molecule has 0 amide bonds. The first-order valence-electron chi connectivity index (χ1n) is 20.4. The summed E-state index contributed by atoms with van der Waals surface area (Å²) in [5.41, 5.74) is 9.04. The second kappa shape index (κ2) is 12.4. The largest absolute Gasteiger partial charge is 0.455 e. The summed E-state index contributed by atoms with van der Waals surface area (Å²) in [5.74, 6) is 0. The van der Waals surface area contributed by atoms with Crippen LogP contribution in [0.25, 0.3) is 131 Å². The standard InChI is InChI=1S/C58H34O/c1-2-13-35(14-3-1)37-28-30-48-53(33-37)44-17-6-8-19-46(44)56-49-31-29-38(34-54(49)45-18-7-9-20-47(45)55(48)56)39-21-10-23-42-41(39)22-11-24-43(42)50-25-12-26-51-52-32-27-36-15-4-5-16-40(36)57(52)59-58(50)51/h1-34H. The van der Waals surface area contributed by atoms with E-state index in [0.29, 0.717) is 0 Å². The SMILES string of the molecule is c1ccc(-c2ccc3c(c2)c2ccccc2c2c4ccc(-c5cccc6c(-c7cccc8c7oc7c9ccccc9ccc87)cccc56)cc4c4ccccc4c32)cc1. The lowest BCUT2D eigenvalue weighted by molar-refractivity contribution is 0.674. The number of hydrogen-bond donors (Lipinski definition) is 0. The van der Waals surface area contributed by atoms with E-state index in [1.54, 1.807) is 0 Å². The van der Waals surface area contributed by atoms with Crippen LogP contribution in [0.5, 0.6) is 0 Å². The highest BCUT2D eigenvalue weighted by molar-refractivity contribution is 6.40. The van der Waals surface area contributed by atoms with Crippen molar-refractivity contribution < 1.29 is 4.42 Å². The second-order valence-corrected chi connectivity index (χ2v) is 15.9. The van der Waals surface area contributed by atoms with Gasteiger partial charge in [0.1, 0.15) is 11.2 Å². The molecular formula is C58H34O. The number of rotatable bonds is 3. The maximum absolute atomic E-state index is 6.82. The van der Waals surface area contributed by atoms with E-state index >= 15 is 0 Å². The molecule has 0 radical (unpaired) electrons. The Kier molecular flexibility index (Phi) is 6.79. The van der Waals surface area contributed by atoms with Crippen molar-refractivity contribution in [2.75, 3.05) is 0 Å². The van der Waals surface area contributed by atoms with E-state index in [1.807, 2.05) is 0 Å². The van der Waals surface area contributed by atoms with Gasteiger partial charge in [0, 0.05) is 21.7 Å². The molecule has 1 nitrogen and oxygen atoms in total. The zero-order chi connectivity index (χ0) is 38.6. The third-order valence-electron chi connectivity index (χ3n) is 12.8. The molecule has 0 unspecified atom stereocenters. The Morgan fingerprint density at radius 2 is 0.695 bits per heavy atom. The van der Waals surface area contributed by atoms with Gasteiger partial charge in [0.25, 0.3) is 0 Å². The Morgan fingerprint density at radius 1 is 0.220 bits per heavy atom. The number of hydrogen-bond acceptors (Lipinski definition) is 1. The van der Waals surface area contributed by atoms with Crippen molar-refractivity contribution in [3.63, 3.8) is 0 Å². The van der Waals surface area contributed by atoms with Crippen LogP contribution in [-0.4, -0.2) is 0 Å². The molecule has 1 heteroatoms. The van der Waals surface area contributed by atoms with Crippen molar-refractivity contribution >= 4 is 97.3 Å². The van der Waals surface area contributed by atoms with Gasteiger partial charge in [-0.15, -0.1) is 0 Å². The average molecular weight is 747 g/mol. The molecule has 0 fully saturated rings. The fourth-order valence-electron chi connectivity index (χ4n) is 10.2. The molecule has 0 atom stereocenters. The van der Waals surface area contributed by atoms with Gasteiger partial charge in [-0.25, -0.2) is 0 Å². The second-order valence-electron chi connectivity index (χ2n) is 15.9. The lowest BCUT2D eigenvalue weighted by atomic mass is 9.85. The molecule has 1 aromatic heterocycles. The Hall–Kier alpha value is -7.74. The molecule has 59 heavy (non-hydrogen) atoms. The van der Waals surface area contributed by atoms with Crippen molar-refractivity contribution in [3.05, 3.63) is 206 Å². The van der Waals surface area contributed by atoms with Crippen LogP contribution in [0.1, 0.15) is 0 Å². The van der Waals surface area contributed by atoms with Gasteiger partial charge in [-0.05, 0) is 116 Å². The van der Waals surface area contributed by atoms with Crippen LogP contribution in [0.4, 0.5) is 0 Å². The quantitative estimate of drug-likeness (QED) is 0.164. The van der Waals surface area contributed by atoms with Crippen LogP contribution < -0.4 is 0 Å². The summed E-state index contributed by atoms with van der Waals surface area (Å²) in [6.45, 7) is 0. The molecule has 272 valence electrons. The van der Waals surface area contributed by atoms with Crippen LogP contribution in [0.3, 0.4) is 0 Å². The lowest BCUT2D eigenvalue weighted by Crippen LogP contribution is -1.90. The number of furan rings is 1. The lowest BCUT2D eigenvalue weighted by Gasteiger charge is -2.18. The number of para-hydroxylation sites is 1. The van der Waals surface area contributed by atoms with Gasteiger partial charge in [0.2, 0.25) is 0 Å². The molecular weight excluding hydrogens is 713 g/mol. The van der Waals surface area contributed by atoms with E-state index in [2.05, 4.69) is 206 Å². The summed E-state index contributed by atoms with van der Waals surface area (Å²) in [6, 6.07) is 75.7. The number of fused-ring (bicyclic) bond motifs is 17. The first-order valence-corrected chi connectivity index (χ1v) is 20.4. The Labute approximate surface area is 340 Å². The van der Waals surface area contributed by atoms with Crippen LogP contribution >= 0.6 is 0 Å². The Balaban J connectivity index is 1.04. The van der Waals surface area contributed by atoms with Crippen molar-refractivity contribution in [3.8, 4) is 33.4 Å². The van der Waals surface area contributed by atoms with Gasteiger partial charge in [-0.2, -0.15) is 0 Å². The third-order valence-corrected chi connectivity index (χ3v) is 12.8. The minimum absolute atomic E-state index is 0.928. The molecule has 13 aromatic rings. The zero-order valence-corrected chi connectivity index (χ0v) is 32.0. The highest BCUT2D eigenvalue weighted by Crippen LogP contribution is 2.47. The maximum Gasteiger partial charge on any atom is 0.143 e. The van der Waals surface area contributed by atoms with Gasteiger partial charge < -0.3 is 4.42 Å². The summed E-state index contributed by atoms with van der Waals surface area (Å²) < 4.78 is 6.82. The van der Waals surface area contributed by atoms with E-state index in [-0.39, 0.29) is 0 Å². The molecule has 0 aliphatic heterocycles. The first-order chi connectivity index (χ1) is 29.3. The molecule has 0 saturated heterocycles. The smallest absolute Gasteiger partial charge is 0.143 e. The Morgan fingerprint density at radius 3 is 1.41 bits per heavy atom. The minimum Gasteiger partial charge on any atom is -0.455 e. The molecule has 0 saturated carbocycles. The normalized spacial score (nSPS) is 12.1. The van der Waals surface area contributed by atoms with Crippen molar-refractivity contribution in [2.45, 2.75) is 0 Å². The van der Waals surface area contributed by atoms with E-state index < -0.39 is 0 Å². The topological polar surface area (TPSA) is 13.1 Å². The maximum atomic E-state index is 6.82. The number of benzene rings is 12. The summed E-state index contributed by atoms with van der Waals surface area (Å²) in [6.07, 6.45) is 0. The van der Waals surface area contributed by atoms with Gasteiger partial charge in [0.05, 0.1) is 0 Å². The molecule has 12 aromatic carbocycles. The molecule has 0 bridgehead atoms.